The van der Waals surface area contributed by atoms with Gasteiger partial charge in [0.05, 0.1) is 7.11 Å². The van der Waals surface area contributed by atoms with Crippen molar-refractivity contribution in [2.45, 2.75) is 44.6 Å². The number of rotatable bonds is 4. The first kappa shape index (κ1) is 12.3. The van der Waals surface area contributed by atoms with Gasteiger partial charge in [0.1, 0.15) is 0 Å². The van der Waals surface area contributed by atoms with Gasteiger partial charge < -0.3 is 15.4 Å². The maximum absolute atomic E-state index is 11.6. The fraction of sp³-hybridized carbons (Fsp3) is 0.909. The molecule has 4 nitrogen and oxygen atoms in total. The smallest absolute Gasteiger partial charge is 0.409 e. The molecule has 0 aromatic rings. The van der Waals surface area contributed by atoms with Gasteiger partial charge in [0.25, 0.3) is 0 Å². The number of nitrogens with two attached hydrogens (primary N) is 1. The second-order valence-corrected chi connectivity index (χ2v) is 4.10. The van der Waals surface area contributed by atoms with Crippen molar-refractivity contribution in [1.29, 1.82) is 0 Å². The summed E-state index contributed by atoms with van der Waals surface area (Å²) < 4.78 is 4.81. The van der Waals surface area contributed by atoms with Crippen LogP contribution >= 0.6 is 0 Å². The molecule has 2 N–H and O–H groups in total. The Bertz CT molecular complexity index is 191. The van der Waals surface area contributed by atoms with Crippen molar-refractivity contribution in [2.75, 3.05) is 20.2 Å². The third-order valence-electron chi connectivity index (χ3n) is 3.03. The molecule has 4 heteroatoms. The van der Waals surface area contributed by atoms with Gasteiger partial charge in [-0.05, 0) is 25.8 Å². The molecule has 1 aliphatic rings. The van der Waals surface area contributed by atoms with Gasteiger partial charge in [-0.15, -0.1) is 0 Å². The van der Waals surface area contributed by atoms with Crippen molar-refractivity contribution in [3.63, 3.8) is 0 Å². The first-order valence-corrected chi connectivity index (χ1v) is 5.84. The SMILES string of the molecule is COC(=O)N(CCCN)C1CCCCC1. The summed E-state index contributed by atoms with van der Waals surface area (Å²) in [4.78, 5) is 13.4. The first-order chi connectivity index (χ1) is 7.29. The summed E-state index contributed by atoms with van der Waals surface area (Å²) in [5.74, 6) is 0. The molecular weight excluding hydrogens is 192 g/mol. The fourth-order valence-corrected chi connectivity index (χ4v) is 2.19. The number of ether oxygens (including phenoxy) is 1. The normalized spacial score (nSPS) is 17.5. The highest BCUT2D eigenvalue weighted by Crippen LogP contribution is 2.23. The lowest BCUT2D eigenvalue weighted by molar-refractivity contribution is 0.0934. The minimum absolute atomic E-state index is 0.199. The highest BCUT2D eigenvalue weighted by molar-refractivity contribution is 5.67. The van der Waals surface area contributed by atoms with Crippen LogP contribution in [0.5, 0.6) is 0 Å². The number of carbonyl (C=O) groups is 1. The van der Waals surface area contributed by atoms with Crippen molar-refractivity contribution in [1.82, 2.24) is 4.90 Å². The average Bonchev–Trinajstić information content (AvgIpc) is 2.30. The molecule has 0 aromatic carbocycles. The van der Waals surface area contributed by atoms with Crippen molar-refractivity contribution in [3.8, 4) is 0 Å². The summed E-state index contributed by atoms with van der Waals surface area (Å²) in [6.07, 6.45) is 6.62. The van der Waals surface area contributed by atoms with Gasteiger partial charge in [0, 0.05) is 12.6 Å². The Labute approximate surface area is 91.8 Å². The van der Waals surface area contributed by atoms with Crippen LogP contribution in [0.15, 0.2) is 0 Å². The lowest BCUT2D eigenvalue weighted by atomic mass is 9.94. The van der Waals surface area contributed by atoms with E-state index in [4.69, 9.17) is 10.5 Å². The second kappa shape index (κ2) is 6.67. The van der Waals surface area contributed by atoms with E-state index in [0.29, 0.717) is 12.6 Å². The van der Waals surface area contributed by atoms with E-state index >= 15 is 0 Å². The van der Waals surface area contributed by atoms with Crippen LogP contribution in [-0.4, -0.2) is 37.2 Å². The highest BCUT2D eigenvalue weighted by atomic mass is 16.5. The standard InChI is InChI=1S/C11H22N2O2/c1-15-11(14)13(9-5-8-12)10-6-3-2-4-7-10/h10H,2-9,12H2,1H3. The summed E-state index contributed by atoms with van der Waals surface area (Å²) in [5, 5.41) is 0. The molecule has 0 bridgehead atoms. The van der Waals surface area contributed by atoms with E-state index in [2.05, 4.69) is 0 Å². The number of methoxy groups -OCH3 is 1. The minimum Gasteiger partial charge on any atom is -0.453 e. The Morgan fingerprint density at radius 3 is 2.60 bits per heavy atom. The van der Waals surface area contributed by atoms with Gasteiger partial charge in [-0.3, -0.25) is 0 Å². The quantitative estimate of drug-likeness (QED) is 0.775. The van der Waals surface area contributed by atoms with Crippen molar-refractivity contribution in [2.24, 2.45) is 5.73 Å². The Balaban J connectivity index is 2.49. The summed E-state index contributed by atoms with van der Waals surface area (Å²) in [6.45, 7) is 1.36. The average molecular weight is 214 g/mol. The van der Waals surface area contributed by atoms with E-state index < -0.39 is 0 Å². The molecular formula is C11H22N2O2. The summed E-state index contributed by atoms with van der Waals surface area (Å²) in [5.41, 5.74) is 5.47. The monoisotopic (exact) mass is 214 g/mol. The van der Waals surface area contributed by atoms with E-state index in [1.165, 1.54) is 26.4 Å². The number of carbonyl (C=O) groups excluding carboxylic acids is 1. The molecule has 1 rings (SSSR count). The Morgan fingerprint density at radius 2 is 2.07 bits per heavy atom. The number of hydrogen-bond acceptors (Lipinski definition) is 3. The number of amides is 1. The van der Waals surface area contributed by atoms with Crippen molar-refractivity contribution in [3.05, 3.63) is 0 Å². The minimum atomic E-state index is -0.199. The Morgan fingerprint density at radius 1 is 1.40 bits per heavy atom. The predicted octanol–water partition coefficient (Wildman–Crippen LogP) is 1.74. The Hall–Kier alpha value is -0.770. The van der Waals surface area contributed by atoms with Gasteiger partial charge in [-0.25, -0.2) is 4.79 Å². The van der Waals surface area contributed by atoms with Gasteiger partial charge in [0.2, 0.25) is 0 Å². The van der Waals surface area contributed by atoms with E-state index in [-0.39, 0.29) is 6.09 Å². The molecule has 0 spiro atoms. The van der Waals surface area contributed by atoms with Crippen molar-refractivity contribution < 1.29 is 9.53 Å². The molecule has 1 fully saturated rings. The molecule has 0 aromatic heterocycles. The lowest BCUT2D eigenvalue weighted by Crippen LogP contribution is -2.42. The van der Waals surface area contributed by atoms with Crippen LogP contribution in [0.2, 0.25) is 0 Å². The van der Waals surface area contributed by atoms with E-state index in [1.807, 2.05) is 4.90 Å². The molecule has 0 aliphatic heterocycles. The number of hydrogen-bond donors (Lipinski definition) is 1. The zero-order valence-electron chi connectivity index (χ0n) is 9.58. The molecule has 0 saturated heterocycles. The maximum atomic E-state index is 11.6. The van der Waals surface area contributed by atoms with Gasteiger partial charge >= 0.3 is 6.09 Å². The van der Waals surface area contributed by atoms with E-state index in [1.54, 1.807) is 0 Å². The van der Waals surface area contributed by atoms with Crippen LogP contribution < -0.4 is 5.73 Å². The van der Waals surface area contributed by atoms with Crippen LogP contribution in [0.4, 0.5) is 4.79 Å². The van der Waals surface area contributed by atoms with Crippen LogP contribution in [0, 0.1) is 0 Å². The second-order valence-electron chi connectivity index (χ2n) is 4.10. The Kier molecular flexibility index (Phi) is 5.47. The molecule has 1 amide bonds. The molecule has 1 saturated carbocycles. The molecule has 0 unspecified atom stereocenters. The summed E-state index contributed by atoms with van der Waals surface area (Å²) >= 11 is 0. The molecule has 88 valence electrons. The maximum Gasteiger partial charge on any atom is 0.409 e. The fourth-order valence-electron chi connectivity index (χ4n) is 2.19. The third kappa shape index (κ3) is 3.70. The molecule has 15 heavy (non-hydrogen) atoms. The topological polar surface area (TPSA) is 55.6 Å². The third-order valence-corrected chi connectivity index (χ3v) is 3.03. The largest absolute Gasteiger partial charge is 0.453 e. The van der Waals surface area contributed by atoms with Gasteiger partial charge in [-0.2, -0.15) is 0 Å². The number of nitrogens with zero attached hydrogens (tertiary/aromatic N) is 1. The van der Waals surface area contributed by atoms with Crippen LogP contribution in [0.1, 0.15) is 38.5 Å². The van der Waals surface area contributed by atoms with Crippen LogP contribution in [-0.2, 0) is 4.74 Å². The molecule has 0 atom stereocenters. The molecule has 0 radical (unpaired) electrons. The zero-order valence-corrected chi connectivity index (χ0v) is 9.58. The van der Waals surface area contributed by atoms with Gasteiger partial charge in [-0.1, -0.05) is 19.3 Å². The van der Waals surface area contributed by atoms with Crippen LogP contribution in [0.25, 0.3) is 0 Å². The summed E-state index contributed by atoms with van der Waals surface area (Å²) in [7, 11) is 1.45. The van der Waals surface area contributed by atoms with Crippen molar-refractivity contribution >= 4 is 6.09 Å². The van der Waals surface area contributed by atoms with E-state index in [9.17, 15) is 4.79 Å². The lowest BCUT2D eigenvalue weighted by Gasteiger charge is -2.33. The van der Waals surface area contributed by atoms with Crippen LogP contribution in [0.3, 0.4) is 0 Å². The molecule has 1 aliphatic carbocycles. The first-order valence-electron chi connectivity index (χ1n) is 5.84. The highest BCUT2D eigenvalue weighted by Gasteiger charge is 2.25. The molecule has 0 heterocycles. The van der Waals surface area contributed by atoms with Gasteiger partial charge in [0.15, 0.2) is 0 Å². The van der Waals surface area contributed by atoms with E-state index in [0.717, 1.165) is 25.8 Å². The zero-order chi connectivity index (χ0) is 11.1. The predicted molar refractivity (Wildman–Crippen MR) is 59.7 cm³/mol. The summed E-state index contributed by atoms with van der Waals surface area (Å²) in [6, 6.07) is 0.373.